The minimum absolute atomic E-state index is 0.319. The van der Waals surface area contributed by atoms with Gasteiger partial charge in [0.2, 0.25) is 0 Å². The van der Waals surface area contributed by atoms with Gasteiger partial charge >= 0.3 is 0 Å². The highest BCUT2D eigenvalue weighted by Gasteiger charge is 2.21. The van der Waals surface area contributed by atoms with E-state index in [1.165, 1.54) is 16.8 Å². The first-order chi connectivity index (χ1) is 9.31. The van der Waals surface area contributed by atoms with E-state index in [0.29, 0.717) is 6.10 Å². The Balaban J connectivity index is 2.24. The summed E-state index contributed by atoms with van der Waals surface area (Å²) in [4.78, 5) is 0. The lowest BCUT2D eigenvalue weighted by molar-refractivity contribution is 0.218. The van der Waals surface area contributed by atoms with E-state index >= 15 is 0 Å². The lowest BCUT2D eigenvalue weighted by atomic mass is 10.2. The summed E-state index contributed by atoms with van der Waals surface area (Å²) in [7, 11) is -1.12. The summed E-state index contributed by atoms with van der Waals surface area (Å²) < 4.78 is 6.36. The lowest BCUT2D eigenvalue weighted by Gasteiger charge is -2.21. The quantitative estimate of drug-likeness (QED) is 0.733. The first-order valence-corrected chi connectivity index (χ1v) is 8.36. The summed E-state index contributed by atoms with van der Waals surface area (Å²) >= 11 is 0. The second kappa shape index (κ2) is 7.27. The fourth-order valence-corrected chi connectivity index (χ4v) is 4.26. The molecule has 1 unspecified atom stereocenters. The molecule has 0 aliphatic rings. The predicted molar refractivity (Wildman–Crippen MR) is 83.4 cm³/mol. The first-order valence-electron chi connectivity index (χ1n) is 6.95. The van der Waals surface area contributed by atoms with Gasteiger partial charge in [-0.15, -0.1) is 0 Å². The Morgan fingerprint density at radius 1 is 0.895 bits per heavy atom. The highest BCUT2D eigenvalue weighted by molar-refractivity contribution is 6.80. The molecule has 2 heteroatoms. The van der Waals surface area contributed by atoms with Crippen molar-refractivity contribution >= 4 is 19.4 Å². The van der Waals surface area contributed by atoms with Gasteiger partial charge in [0.05, 0.1) is 0 Å². The zero-order valence-electron chi connectivity index (χ0n) is 11.7. The highest BCUT2D eigenvalue weighted by atomic mass is 28.3. The van der Waals surface area contributed by atoms with Crippen molar-refractivity contribution in [1.82, 2.24) is 0 Å². The summed E-state index contributed by atoms with van der Waals surface area (Å²) in [6.07, 6.45) is 2.60. The SMILES string of the molecule is CCCC(C)O[Si](c1ccccc1)c1ccccc1. The Hall–Kier alpha value is -1.38. The standard InChI is InChI=1S/C17H21OSi/c1-3-10-15(2)18-19(16-11-6-4-7-12-16)17-13-8-5-9-14-17/h4-9,11-15H,3,10H2,1-2H3. The van der Waals surface area contributed by atoms with Gasteiger partial charge in [0, 0.05) is 6.10 Å². The lowest BCUT2D eigenvalue weighted by Crippen LogP contribution is -2.46. The maximum atomic E-state index is 6.36. The van der Waals surface area contributed by atoms with Gasteiger partial charge in [-0.05, 0) is 23.7 Å². The number of hydrogen-bond donors (Lipinski definition) is 0. The van der Waals surface area contributed by atoms with Crippen molar-refractivity contribution in [2.45, 2.75) is 32.8 Å². The third kappa shape index (κ3) is 4.05. The molecule has 0 aromatic heterocycles. The van der Waals surface area contributed by atoms with E-state index in [9.17, 15) is 0 Å². The van der Waals surface area contributed by atoms with Crippen LogP contribution in [0.2, 0.25) is 0 Å². The number of hydrogen-bond acceptors (Lipinski definition) is 1. The van der Waals surface area contributed by atoms with Crippen molar-refractivity contribution in [3.05, 3.63) is 60.7 Å². The molecule has 0 aliphatic carbocycles. The minimum Gasteiger partial charge on any atom is -0.405 e. The van der Waals surface area contributed by atoms with Gasteiger partial charge in [0.15, 0.2) is 0 Å². The maximum Gasteiger partial charge on any atom is 0.283 e. The first kappa shape index (κ1) is 14.0. The largest absolute Gasteiger partial charge is 0.405 e. The molecule has 0 aliphatic heterocycles. The van der Waals surface area contributed by atoms with Crippen LogP contribution < -0.4 is 10.4 Å². The van der Waals surface area contributed by atoms with Crippen LogP contribution in [0.3, 0.4) is 0 Å². The molecule has 0 bridgehead atoms. The number of benzene rings is 2. The summed E-state index contributed by atoms with van der Waals surface area (Å²) in [5, 5.41) is 2.64. The van der Waals surface area contributed by atoms with E-state index in [4.69, 9.17) is 4.43 Å². The predicted octanol–water partition coefficient (Wildman–Crippen LogP) is 3.00. The van der Waals surface area contributed by atoms with Gasteiger partial charge in [-0.25, -0.2) is 0 Å². The van der Waals surface area contributed by atoms with Crippen LogP contribution in [-0.2, 0) is 4.43 Å². The second-order valence-corrected chi connectivity index (χ2v) is 6.83. The molecule has 99 valence electrons. The summed E-state index contributed by atoms with van der Waals surface area (Å²) in [6.45, 7) is 4.39. The fraction of sp³-hybridized carbons (Fsp3) is 0.294. The normalized spacial score (nSPS) is 12.6. The Bertz CT molecular complexity index is 430. The molecule has 2 aromatic carbocycles. The summed E-state index contributed by atoms with van der Waals surface area (Å²) in [5.74, 6) is 0. The molecular formula is C17H21OSi. The Morgan fingerprint density at radius 2 is 1.37 bits per heavy atom. The zero-order valence-corrected chi connectivity index (χ0v) is 12.7. The molecule has 1 atom stereocenters. The topological polar surface area (TPSA) is 9.23 Å². The third-order valence-corrected chi connectivity index (χ3v) is 5.44. The van der Waals surface area contributed by atoms with Crippen molar-refractivity contribution in [2.24, 2.45) is 0 Å². The molecule has 0 heterocycles. The number of rotatable bonds is 6. The molecule has 0 saturated heterocycles. The van der Waals surface area contributed by atoms with Gasteiger partial charge < -0.3 is 4.43 Å². The molecule has 19 heavy (non-hydrogen) atoms. The maximum absolute atomic E-state index is 6.36. The second-order valence-electron chi connectivity index (χ2n) is 4.78. The van der Waals surface area contributed by atoms with E-state index in [-0.39, 0.29) is 0 Å². The van der Waals surface area contributed by atoms with E-state index in [1.54, 1.807) is 0 Å². The van der Waals surface area contributed by atoms with Gasteiger partial charge in [-0.3, -0.25) is 0 Å². The molecular weight excluding hydrogens is 248 g/mol. The van der Waals surface area contributed by atoms with Crippen LogP contribution in [0.25, 0.3) is 0 Å². The third-order valence-electron chi connectivity index (χ3n) is 3.09. The Morgan fingerprint density at radius 3 is 1.79 bits per heavy atom. The molecule has 2 aromatic rings. The van der Waals surface area contributed by atoms with E-state index in [2.05, 4.69) is 74.5 Å². The average Bonchev–Trinajstić information content (AvgIpc) is 2.47. The van der Waals surface area contributed by atoms with Crippen LogP contribution in [0.4, 0.5) is 0 Å². The molecule has 0 amide bonds. The highest BCUT2D eigenvalue weighted by Crippen LogP contribution is 2.04. The average molecular weight is 269 g/mol. The molecule has 0 fully saturated rings. The van der Waals surface area contributed by atoms with E-state index < -0.39 is 9.04 Å². The van der Waals surface area contributed by atoms with Gasteiger partial charge in [-0.1, -0.05) is 74.0 Å². The van der Waals surface area contributed by atoms with Crippen LogP contribution in [0.15, 0.2) is 60.7 Å². The van der Waals surface area contributed by atoms with Crippen molar-refractivity contribution in [1.29, 1.82) is 0 Å². The molecule has 0 N–H and O–H groups in total. The summed E-state index contributed by atoms with van der Waals surface area (Å²) in [6, 6.07) is 21.2. The van der Waals surface area contributed by atoms with Crippen molar-refractivity contribution < 1.29 is 4.43 Å². The Kier molecular flexibility index (Phi) is 5.37. The smallest absolute Gasteiger partial charge is 0.283 e. The molecule has 2 rings (SSSR count). The molecule has 0 spiro atoms. The van der Waals surface area contributed by atoms with Crippen molar-refractivity contribution in [3.63, 3.8) is 0 Å². The van der Waals surface area contributed by atoms with Crippen LogP contribution in [0, 0.1) is 0 Å². The van der Waals surface area contributed by atoms with E-state index in [1.807, 2.05) is 0 Å². The minimum atomic E-state index is -1.12. The van der Waals surface area contributed by atoms with Crippen molar-refractivity contribution in [2.75, 3.05) is 0 Å². The van der Waals surface area contributed by atoms with Crippen LogP contribution in [-0.4, -0.2) is 15.1 Å². The van der Waals surface area contributed by atoms with Crippen LogP contribution in [0.5, 0.6) is 0 Å². The van der Waals surface area contributed by atoms with Crippen LogP contribution in [0.1, 0.15) is 26.7 Å². The fourth-order valence-electron chi connectivity index (χ4n) is 2.15. The van der Waals surface area contributed by atoms with Gasteiger partial charge in [0.1, 0.15) is 0 Å². The van der Waals surface area contributed by atoms with Gasteiger partial charge in [0.25, 0.3) is 9.04 Å². The molecule has 1 nitrogen and oxygen atoms in total. The Labute approximate surface area is 118 Å². The summed E-state index contributed by atoms with van der Waals surface area (Å²) in [5.41, 5.74) is 0. The monoisotopic (exact) mass is 269 g/mol. The van der Waals surface area contributed by atoms with Crippen LogP contribution >= 0.6 is 0 Å². The zero-order chi connectivity index (χ0) is 13.5. The molecule has 1 radical (unpaired) electrons. The van der Waals surface area contributed by atoms with E-state index in [0.717, 1.165) is 6.42 Å². The van der Waals surface area contributed by atoms with Crippen molar-refractivity contribution in [3.8, 4) is 0 Å². The van der Waals surface area contributed by atoms with Gasteiger partial charge in [-0.2, -0.15) is 0 Å². The molecule has 0 saturated carbocycles.